The van der Waals surface area contributed by atoms with E-state index >= 15 is 0 Å². The van der Waals surface area contributed by atoms with Crippen LogP contribution < -0.4 is 0 Å². The Labute approximate surface area is 147 Å². The van der Waals surface area contributed by atoms with Gasteiger partial charge in [-0.2, -0.15) is 0 Å². The Kier molecular flexibility index (Phi) is 5.56. The van der Waals surface area contributed by atoms with E-state index in [0.29, 0.717) is 26.2 Å². The largest absolute Gasteiger partial charge is 0.450 e. The number of rotatable bonds is 5. The summed E-state index contributed by atoms with van der Waals surface area (Å²) in [5, 5.41) is 0. The molecule has 2 fully saturated rings. The molecule has 1 atom stereocenters. The van der Waals surface area contributed by atoms with Gasteiger partial charge in [0.2, 0.25) is 5.91 Å². The zero-order valence-corrected chi connectivity index (χ0v) is 14.6. The summed E-state index contributed by atoms with van der Waals surface area (Å²) in [4.78, 5) is 28.5. The van der Waals surface area contributed by atoms with Crippen molar-refractivity contribution in [2.24, 2.45) is 5.92 Å². The lowest BCUT2D eigenvalue weighted by atomic mass is 9.96. The number of hydrogen-bond acceptors (Lipinski definition) is 3. The van der Waals surface area contributed by atoms with E-state index in [1.807, 2.05) is 4.90 Å². The maximum Gasteiger partial charge on any atom is 0.409 e. The van der Waals surface area contributed by atoms with Crippen LogP contribution in [0.1, 0.15) is 38.2 Å². The van der Waals surface area contributed by atoms with Crippen LogP contribution in [-0.2, 0) is 16.1 Å². The van der Waals surface area contributed by atoms with Crippen molar-refractivity contribution in [3.63, 3.8) is 0 Å². The highest BCUT2D eigenvalue weighted by Crippen LogP contribution is 2.31. The summed E-state index contributed by atoms with van der Waals surface area (Å²) in [7, 11) is 0. The van der Waals surface area contributed by atoms with Crippen LogP contribution in [0.15, 0.2) is 24.3 Å². The molecule has 136 valence electrons. The van der Waals surface area contributed by atoms with Gasteiger partial charge in [-0.3, -0.25) is 4.79 Å². The van der Waals surface area contributed by atoms with Crippen LogP contribution >= 0.6 is 0 Å². The smallest absolute Gasteiger partial charge is 0.409 e. The van der Waals surface area contributed by atoms with E-state index in [0.717, 1.165) is 31.2 Å². The molecule has 0 radical (unpaired) electrons. The van der Waals surface area contributed by atoms with Crippen molar-refractivity contribution in [2.45, 2.75) is 45.2 Å². The van der Waals surface area contributed by atoms with Crippen molar-refractivity contribution in [1.82, 2.24) is 9.80 Å². The number of hydrogen-bond donors (Lipinski definition) is 0. The van der Waals surface area contributed by atoms with Gasteiger partial charge < -0.3 is 14.5 Å². The number of piperidine rings is 1. The fraction of sp³-hybridized carbons (Fsp3) is 0.579. The average Bonchev–Trinajstić information content (AvgIpc) is 3.46. The third-order valence-corrected chi connectivity index (χ3v) is 4.83. The Morgan fingerprint density at radius 1 is 1.24 bits per heavy atom. The standard InChI is InChI=1S/C19H25FN2O3/c1-2-25-19(24)21-11-3-4-15(13-21)18(23)22(17-9-10-17)12-14-5-7-16(20)8-6-14/h5-8,15,17H,2-4,9-13H2,1H3. The van der Waals surface area contributed by atoms with Crippen LogP contribution in [0.5, 0.6) is 0 Å². The van der Waals surface area contributed by atoms with E-state index in [-0.39, 0.29) is 29.8 Å². The van der Waals surface area contributed by atoms with Gasteiger partial charge in [-0.15, -0.1) is 0 Å². The van der Waals surface area contributed by atoms with Gasteiger partial charge in [0.1, 0.15) is 5.82 Å². The van der Waals surface area contributed by atoms with Crippen molar-refractivity contribution in [2.75, 3.05) is 19.7 Å². The SMILES string of the molecule is CCOC(=O)N1CCCC(C(=O)N(Cc2ccc(F)cc2)C2CC2)C1. The summed E-state index contributed by atoms with van der Waals surface area (Å²) < 4.78 is 18.2. The van der Waals surface area contributed by atoms with Gasteiger partial charge >= 0.3 is 6.09 Å². The number of ether oxygens (including phenoxy) is 1. The quantitative estimate of drug-likeness (QED) is 0.821. The first kappa shape index (κ1) is 17.7. The maximum absolute atomic E-state index is 13.1. The number of halogens is 1. The molecule has 2 aliphatic rings. The van der Waals surface area contributed by atoms with Crippen LogP contribution in [0.4, 0.5) is 9.18 Å². The summed E-state index contributed by atoms with van der Waals surface area (Å²) in [6.07, 6.45) is 3.30. The molecule has 2 amide bonds. The zero-order valence-electron chi connectivity index (χ0n) is 14.6. The molecule has 0 N–H and O–H groups in total. The van der Waals surface area contributed by atoms with E-state index in [4.69, 9.17) is 4.74 Å². The minimum absolute atomic E-state index is 0.0980. The van der Waals surface area contributed by atoms with Gasteiger partial charge in [0.15, 0.2) is 0 Å². The van der Waals surface area contributed by atoms with Gasteiger partial charge in [0, 0.05) is 25.7 Å². The van der Waals surface area contributed by atoms with Crippen molar-refractivity contribution in [1.29, 1.82) is 0 Å². The number of carbonyl (C=O) groups is 2. The third-order valence-electron chi connectivity index (χ3n) is 4.83. The number of nitrogens with zero attached hydrogens (tertiary/aromatic N) is 2. The summed E-state index contributed by atoms with van der Waals surface area (Å²) in [5.41, 5.74) is 0.930. The summed E-state index contributed by atoms with van der Waals surface area (Å²) in [6.45, 7) is 3.68. The van der Waals surface area contributed by atoms with Gasteiger partial charge in [-0.1, -0.05) is 12.1 Å². The Morgan fingerprint density at radius 3 is 2.60 bits per heavy atom. The first-order chi connectivity index (χ1) is 12.1. The first-order valence-electron chi connectivity index (χ1n) is 9.05. The highest BCUT2D eigenvalue weighted by molar-refractivity contribution is 5.80. The third kappa shape index (κ3) is 4.50. The van der Waals surface area contributed by atoms with Gasteiger partial charge in [0.25, 0.3) is 0 Å². The van der Waals surface area contributed by atoms with Crippen molar-refractivity contribution < 1.29 is 18.7 Å². The lowest BCUT2D eigenvalue weighted by molar-refractivity contribution is -0.138. The van der Waals surface area contributed by atoms with Crippen molar-refractivity contribution in [3.05, 3.63) is 35.6 Å². The predicted molar refractivity (Wildman–Crippen MR) is 91.3 cm³/mol. The zero-order chi connectivity index (χ0) is 17.8. The molecular weight excluding hydrogens is 323 g/mol. The van der Waals surface area contributed by atoms with Crippen LogP contribution in [0.25, 0.3) is 0 Å². The molecule has 5 nitrogen and oxygen atoms in total. The van der Waals surface area contributed by atoms with Gasteiger partial charge in [0.05, 0.1) is 12.5 Å². The summed E-state index contributed by atoms with van der Waals surface area (Å²) in [5.74, 6) is -0.356. The fourth-order valence-corrected chi connectivity index (χ4v) is 3.35. The molecule has 1 aromatic carbocycles. The van der Waals surface area contributed by atoms with E-state index in [2.05, 4.69) is 0 Å². The minimum atomic E-state index is -0.337. The molecule has 0 spiro atoms. The Bertz CT molecular complexity index is 616. The molecule has 1 aliphatic carbocycles. The van der Waals surface area contributed by atoms with Crippen LogP contribution in [0.3, 0.4) is 0 Å². The molecule has 0 bridgehead atoms. The molecule has 1 aromatic rings. The molecule has 3 rings (SSSR count). The monoisotopic (exact) mass is 348 g/mol. The molecule has 1 saturated heterocycles. The lowest BCUT2D eigenvalue weighted by Crippen LogP contribution is -2.47. The molecular formula is C19H25FN2O3. The molecule has 1 aliphatic heterocycles. The average molecular weight is 348 g/mol. The van der Waals surface area contributed by atoms with E-state index < -0.39 is 0 Å². The Hall–Kier alpha value is -2.11. The number of amides is 2. The molecule has 25 heavy (non-hydrogen) atoms. The molecule has 6 heteroatoms. The molecule has 1 heterocycles. The van der Waals surface area contributed by atoms with Crippen LogP contribution in [0, 0.1) is 11.7 Å². The normalized spacial score (nSPS) is 20.2. The van der Waals surface area contributed by atoms with Gasteiger partial charge in [-0.05, 0) is 50.3 Å². The van der Waals surface area contributed by atoms with Crippen LogP contribution in [-0.4, -0.2) is 47.5 Å². The minimum Gasteiger partial charge on any atom is -0.450 e. The highest BCUT2D eigenvalue weighted by Gasteiger charge is 2.38. The highest BCUT2D eigenvalue weighted by atomic mass is 19.1. The van der Waals surface area contributed by atoms with Crippen LogP contribution in [0.2, 0.25) is 0 Å². The molecule has 1 saturated carbocycles. The summed E-state index contributed by atoms with van der Waals surface area (Å²) >= 11 is 0. The number of carbonyl (C=O) groups excluding carboxylic acids is 2. The molecule has 0 aromatic heterocycles. The lowest BCUT2D eigenvalue weighted by Gasteiger charge is -2.34. The van der Waals surface area contributed by atoms with Crippen molar-refractivity contribution in [3.8, 4) is 0 Å². The second-order valence-electron chi connectivity index (χ2n) is 6.81. The van der Waals surface area contributed by atoms with E-state index in [9.17, 15) is 14.0 Å². The Morgan fingerprint density at radius 2 is 1.96 bits per heavy atom. The second kappa shape index (κ2) is 7.85. The van der Waals surface area contributed by atoms with E-state index in [1.54, 1.807) is 24.0 Å². The van der Waals surface area contributed by atoms with Crippen molar-refractivity contribution >= 4 is 12.0 Å². The summed E-state index contributed by atoms with van der Waals surface area (Å²) in [6, 6.07) is 6.57. The fourth-order valence-electron chi connectivity index (χ4n) is 3.35. The number of benzene rings is 1. The molecule has 1 unspecified atom stereocenters. The van der Waals surface area contributed by atoms with E-state index in [1.165, 1.54) is 12.1 Å². The van der Waals surface area contributed by atoms with Gasteiger partial charge in [-0.25, -0.2) is 9.18 Å². The Balaban J connectivity index is 1.65. The first-order valence-corrected chi connectivity index (χ1v) is 9.05. The number of likely N-dealkylation sites (tertiary alicyclic amines) is 1. The maximum atomic E-state index is 13.1. The second-order valence-corrected chi connectivity index (χ2v) is 6.81. The topological polar surface area (TPSA) is 49.9 Å². The predicted octanol–water partition coefficient (Wildman–Crippen LogP) is 3.19.